The van der Waals surface area contributed by atoms with Gasteiger partial charge in [-0.2, -0.15) is 0 Å². The second-order valence-electron chi connectivity index (χ2n) is 4.12. The Kier molecular flexibility index (Phi) is 3.67. The fourth-order valence-corrected chi connectivity index (χ4v) is 1.77. The molecular weight excluding hydrogens is 236 g/mol. The second-order valence-corrected chi connectivity index (χ2v) is 4.12. The van der Waals surface area contributed by atoms with E-state index in [0.717, 1.165) is 5.69 Å². The van der Waals surface area contributed by atoms with Crippen molar-refractivity contribution in [1.82, 2.24) is 4.98 Å². The van der Waals surface area contributed by atoms with Gasteiger partial charge in [-0.15, -0.1) is 0 Å². The number of aromatic nitrogens is 1. The topological polar surface area (TPSA) is 33.1 Å². The summed E-state index contributed by atoms with van der Waals surface area (Å²) in [6.07, 6.45) is -1.15. The summed E-state index contributed by atoms with van der Waals surface area (Å²) in [4.78, 5) is 4.13. The SMILES string of the molecule is Cc1cccc(C(O)Cc2c(F)cccc2F)n1. The molecule has 2 nitrogen and oxygen atoms in total. The van der Waals surface area contributed by atoms with E-state index in [0.29, 0.717) is 5.69 Å². The van der Waals surface area contributed by atoms with Gasteiger partial charge in [0.1, 0.15) is 17.7 Å². The van der Waals surface area contributed by atoms with Gasteiger partial charge in [-0.05, 0) is 31.2 Å². The van der Waals surface area contributed by atoms with Crippen LogP contribution in [0.3, 0.4) is 0 Å². The molecule has 0 radical (unpaired) electrons. The molecule has 1 unspecified atom stereocenters. The van der Waals surface area contributed by atoms with Gasteiger partial charge >= 0.3 is 0 Å². The maximum atomic E-state index is 13.4. The quantitative estimate of drug-likeness (QED) is 0.907. The van der Waals surface area contributed by atoms with E-state index in [9.17, 15) is 13.9 Å². The third-order valence-electron chi connectivity index (χ3n) is 2.71. The van der Waals surface area contributed by atoms with Gasteiger partial charge in [0.2, 0.25) is 0 Å². The van der Waals surface area contributed by atoms with Crippen LogP contribution in [0.25, 0.3) is 0 Å². The molecule has 0 aliphatic heterocycles. The second kappa shape index (κ2) is 5.23. The molecule has 1 aromatic heterocycles. The molecule has 0 aliphatic carbocycles. The maximum Gasteiger partial charge on any atom is 0.129 e. The van der Waals surface area contributed by atoms with E-state index >= 15 is 0 Å². The first kappa shape index (κ1) is 12.6. The number of aliphatic hydroxyl groups excluding tert-OH is 1. The third-order valence-corrected chi connectivity index (χ3v) is 2.71. The highest BCUT2D eigenvalue weighted by Crippen LogP contribution is 2.21. The number of rotatable bonds is 3. The van der Waals surface area contributed by atoms with Crippen molar-refractivity contribution in [3.63, 3.8) is 0 Å². The molecule has 0 aliphatic rings. The van der Waals surface area contributed by atoms with Crippen LogP contribution in [-0.4, -0.2) is 10.1 Å². The van der Waals surface area contributed by atoms with Gasteiger partial charge in [0.25, 0.3) is 0 Å². The Hall–Kier alpha value is -1.81. The lowest BCUT2D eigenvalue weighted by atomic mass is 10.0. The van der Waals surface area contributed by atoms with Gasteiger partial charge in [0.05, 0.1) is 5.69 Å². The zero-order valence-electron chi connectivity index (χ0n) is 9.90. The Balaban J connectivity index is 2.24. The Labute approximate surface area is 104 Å². The van der Waals surface area contributed by atoms with Crippen molar-refractivity contribution in [2.45, 2.75) is 19.4 Å². The summed E-state index contributed by atoms with van der Waals surface area (Å²) >= 11 is 0. The average Bonchev–Trinajstić information content (AvgIpc) is 2.34. The Morgan fingerprint density at radius 1 is 1.11 bits per heavy atom. The molecule has 18 heavy (non-hydrogen) atoms. The van der Waals surface area contributed by atoms with Crippen molar-refractivity contribution < 1.29 is 13.9 Å². The summed E-state index contributed by atoms with van der Waals surface area (Å²) in [5, 5.41) is 9.95. The number of pyridine rings is 1. The molecule has 1 atom stereocenters. The number of hydrogen-bond donors (Lipinski definition) is 1. The van der Waals surface area contributed by atoms with Crippen molar-refractivity contribution in [2.75, 3.05) is 0 Å². The lowest BCUT2D eigenvalue weighted by Gasteiger charge is -2.12. The molecule has 2 rings (SSSR count). The highest BCUT2D eigenvalue weighted by Gasteiger charge is 2.16. The summed E-state index contributed by atoms with van der Waals surface area (Å²) in [6.45, 7) is 1.79. The van der Waals surface area contributed by atoms with E-state index in [-0.39, 0.29) is 12.0 Å². The monoisotopic (exact) mass is 249 g/mol. The summed E-state index contributed by atoms with van der Waals surface area (Å²) < 4.78 is 26.9. The highest BCUT2D eigenvalue weighted by molar-refractivity contribution is 5.22. The summed E-state index contributed by atoms with van der Waals surface area (Å²) in [7, 11) is 0. The van der Waals surface area contributed by atoms with Crippen LogP contribution in [0.15, 0.2) is 36.4 Å². The minimum Gasteiger partial charge on any atom is -0.386 e. The number of nitrogens with zero attached hydrogens (tertiary/aromatic N) is 1. The summed E-state index contributed by atoms with van der Waals surface area (Å²) in [5.74, 6) is -1.30. The first-order valence-electron chi connectivity index (χ1n) is 5.62. The van der Waals surface area contributed by atoms with Crippen LogP contribution >= 0.6 is 0 Å². The van der Waals surface area contributed by atoms with Gasteiger partial charge in [-0.3, -0.25) is 4.98 Å². The Morgan fingerprint density at radius 2 is 1.72 bits per heavy atom. The molecule has 94 valence electrons. The van der Waals surface area contributed by atoms with Crippen LogP contribution < -0.4 is 0 Å². The molecule has 2 aromatic rings. The molecule has 1 N–H and O–H groups in total. The van der Waals surface area contributed by atoms with Crippen molar-refractivity contribution >= 4 is 0 Å². The fraction of sp³-hybridized carbons (Fsp3) is 0.214. The third kappa shape index (κ3) is 2.71. The van der Waals surface area contributed by atoms with Crippen molar-refractivity contribution in [3.05, 3.63) is 65.0 Å². The Bertz CT molecular complexity index is 537. The average molecular weight is 249 g/mol. The molecular formula is C14H13F2NO. The number of hydrogen-bond acceptors (Lipinski definition) is 2. The number of benzene rings is 1. The van der Waals surface area contributed by atoms with Gasteiger partial charge in [0.15, 0.2) is 0 Å². The van der Waals surface area contributed by atoms with Gasteiger partial charge in [0, 0.05) is 17.7 Å². The molecule has 0 saturated carbocycles. The van der Waals surface area contributed by atoms with Crippen LogP contribution in [0.5, 0.6) is 0 Å². The summed E-state index contributed by atoms with van der Waals surface area (Å²) in [6, 6.07) is 8.82. The van der Waals surface area contributed by atoms with Crippen molar-refractivity contribution in [1.29, 1.82) is 0 Å². The molecule has 1 heterocycles. The first-order chi connectivity index (χ1) is 8.58. The standard InChI is InChI=1S/C14H13F2NO/c1-9-4-2-7-13(17-9)14(18)8-10-11(15)5-3-6-12(10)16/h2-7,14,18H,8H2,1H3. The lowest BCUT2D eigenvalue weighted by molar-refractivity contribution is 0.170. The molecule has 0 spiro atoms. The zero-order valence-corrected chi connectivity index (χ0v) is 9.90. The van der Waals surface area contributed by atoms with Crippen LogP contribution in [0.1, 0.15) is 23.1 Å². The predicted molar refractivity (Wildman–Crippen MR) is 64.0 cm³/mol. The Morgan fingerprint density at radius 3 is 2.33 bits per heavy atom. The van der Waals surface area contributed by atoms with Gasteiger partial charge < -0.3 is 5.11 Å². The normalized spacial score (nSPS) is 12.4. The number of halogens is 2. The first-order valence-corrected chi connectivity index (χ1v) is 5.62. The van der Waals surface area contributed by atoms with Crippen LogP contribution in [0.2, 0.25) is 0 Å². The largest absolute Gasteiger partial charge is 0.386 e. The minimum atomic E-state index is -1.02. The van der Waals surface area contributed by atoms with Gasteiger partial charge in [-0.25, -0.2) is 8.78 Å². The molecule has 0 saturated heterocycles. The van der Waals surface area contributed by atoms with E-state index in [1.165, 1.54) is 18.2 Å². The van der Waals surface area contributed by atoms with Crippen molar-refractivity contribution in [2.24, 2.45) is 0 Å². The predicted octanol–water partition coefficient (Wildman–Crippen LogP) is 2.94. The molecule has 0 bridgehead atoms. The minimum absolute atomic E-state index is 0.117. The number of aryl methyl sites for hydroxylation is 1. The fourth-order valence-electron chi connectivity index (χ4n) is 1.77. The number of aliphatic hydroxyl groups is 1. The van der Waals surface area contributed by atoms with E-state index in [2.05, 4.69) is 4.98 Å². The lowest BCUT2D eigenvalue weighted by Crippen LogP contribution is -2.07. The van der Waals surface area contributed by atoms with Crippen LogP contribution in [-0.2, 0) is 6.42 Å². The van der Waals surface area contributed by atoms with Crippen molar-refractivity contribution in [3.8, 4) is 0 Å². The molecule has 0 amide bonds. The van der Waals surface area contributed by atoms with Gasteiger partial charge in [-0.1, -0.05) is 12.1 Å². The molecule has 0 fully saturated rings. The molecule has 4 heteroatoms. The highest BCUT2D eigenvalue weighted by atomic mass is 19.1. The molecule has 1 aromatic carbocycles. The summed E-state index contributed by atoms with van der Waals surface area (Å²) in [5.41, 5.74) is 1.05. The zero-order chi connectivity index (χ0) is 13.1. The van der Waals surface area contributed by atoms with E-state index in [1.807, 2.05) is 0 Å². The smallest absolute Gasteiger partial charge is 0.129 e. The maximum absolute atomic E-state index is 13.4. The van der Waals surface area contributed by atoms with E-state index < -0.39 is 17.7 Å². The van der Waals surface area contributed by atoms with E-state index in [1.54, 1.807) is 25.1 Å². The van der Waals surface area contributed by atoms with Crippen LogP contribution in [0.4, 0.5) is 8.78 Å². The van der Waals surface area contributed by atoms with E-state index in [4.69, 9.17) is 0 Å². The van der Waals surface area contributed by atoms with Crippen LogP contribution in [0, 0.1) is 18.6 Å².